The van der Waals surface area contributed by atoms with Crippen LogP contribution in [-0.2, 0) is 13.6 Å². The average Bonchev–Trinajstić information content (AvgIpc) is 2.91. The number of hydrogen-bond donors (Lipinski definition) is 1. The number of aryl methyl sites for hydroxylation is 1. The van der Waals surface area contributed by atoms with E-state index in [1.165, 1.54) is 0 Å². The number of nitrogens with zero attached hydrogens (tertiary/aromatic N) is 3. The minimum atomic E-state index is -0.128. The molecule has 3 rings (SSSR count). The Morgan fingerprint density at radius 3 is 3.00 bits per heavy atom. The van der Waals surface area contributed by atoms with E-state index in [4.69, 9.17) is 11.6 Å². The molecule has 0 saturated heterocycles. The molecule has 106 valence electrons. The molecule has 0 saturated carbocycles. The molecule has 0 aliphatic heterocycles. The Morgan fingerprint density at radius 2 is 2.24 bits per heavy atom. The maximum atomic E-state index is 12.0. The lowest BCUT2D eigenvalue weighted by atomic mass is 10.2. The second kappa shape index (κ2) is 5.54. The highest BCUT2D eigenvalue weighted by atomic mass is 35.5. The van der Waals surface area contributed by atoms with E-state index >= 15 is 0 Å². The standard InChI is InChI=1S/C15H13ClN4O/c1-20-5-4-11(9-20)15(21)18-8-12-6-13-10(7-17-12)2-3-14(16)19-13/h2-7,9H,8H2,1H3,(H,18,21). The SMILES string of the molecule is Cn1ccc(C(=O)NCc2cc3nc(Cl)ccc3cn2)c1. The highest BCUT2D eigenvalue weighted by Gasteiger charge is 2.07. The maximum absolute atomic E-state index is 12.0. The number of fused-ring (bicyclic) bond motifs is 1. The molecule has 0 aliphatic carbocycles. The van der Waals surface area contributed by atoms with Gasteiger partial charge in [-0.15, -0.1) is 0 Å². The van der Waals surface area contributed by atoms with Crippen LogP contribution in [0.1, 0.15) is 16.1 Å². The summed E-state index contributed by atoms with van der Waals surface area (Å²) in [5, 5.41) is 4.18. The number of pyridine rings is 2. The van der Waals surface area contributed by atoms with Gasteiger partial charge in [0.1, 0.15) is 5.15 Å². The van der Waals surface area contributed by atoms with Gasteiger partial charge in [0.25, 0.3) is 5.91 Å². The molecule has 0 bridgehead atoms. The normalized spacial score (nSPS) is 10.8. The van der Waals surface area contributed by atoms with Crippen LogP contribution in [0.3, 0.4) is 0 Å². The number of amides is 1. The molecule has 0 atom stereocenters. The number of halogens is 1. The van der Waals surface area contributed by atoms with Crippen molar-refractivity contribution in [2.75, 3.05) is 0 Å². The Kier molecular flexibility index (Phi) is 3.58. The van der Waals surface area contributed by atoms with Gasteiger partial charge in [0.15, 0.2) is 0 Å². The summed E-state index contributed by atoms with van der Waals surface area (Å²) >= 11 is 5.88. The minimum Gasteiger partial charge on any atom is -0.356 e. The van der Waals surface area contributed by atoms with E-state index in [9.17, 15) is 4.79 Å². The van der Waals surface area contributed by atoms with Crippen molar-refractivity contribution in [3.05, 3.63) is 59.3 Å². The number of carbonyl (C=O) groups excluding carboxylic acids is 1. The molecule has 0 aromatic carbocycles. The molecule has 3 heterocycles. The second-order valence-electron chi connectivity index (χ2n) is 4.75. The topological polar surface area (TPSA) is 59.8 Å². The quantitative estimate of drug-likeness (QED) is 0.756. The van der Waals surface area contributed by atoms with Crippen LogP contribution in [0.15, 0.2) is 42.9 Å². The van der Waals surface area contributed by atoms with Crippen molar-refractivity contribution in [3.8, 4) is 0 Å². The van der Waals surface area contributed by atoms with Gasteiger partial charge < -0.3 is 9.88 Å². The molecule has 0 spiro atoms. The number of nitrogens with one attached hydrogen (secondary N) is 1. The van der Waals surface area contributed by atoms with Crippen molar-refractivity contribution in [2.24, 2.45) is 7.05 Å². The molecule has 3 aromatic rings. The highest BCUT2D eigenvalue weighted by molar-refractivity contribution is 6.29. The van der Waals surface area contributed by atoms with Crippen molar-refractivity contribution < 1.29 is 4.79 Å². The summed E-state index contributed by atoms with van der Waals surface area (Å²) in [4.78, 5) is 20.5. The van der Waals surface area contributed by atoms with E-state index in [0.29, 0.717) is 17.3 Å². The summed E-state index contributed by atoms with van der Waals surface area (Å²) in [5.74, 6) is -0.128. The first kappa shape index (κ1) is 13.6. The molecule has 0 fully saturated rings. The highest BCUT2D eigenvalue weighted by Crippen LogP contribution is 2.15. The zero-order chi connectivity index (χ0) is 14.8. The van der Waals surface area contributed by atoms with E-state index in [-0.39, 0.29) is 5.91 Å². The van der Waals surface area contributed by atoms with E-state index in [1.54, 1.807) is 24.5 Å². The van der Waals surface area contributed by atoms with Gasteiger partial charge in [-0.05, 0) is 24.3 Å². The first-order valence-electron chi connectivity index (χ1n) is 6.43. The average molecular weight is 301 g/mol. The first-order chi connectivity index (χ1) is 10.1. The summed E-state index contributed by atoms with van der Waals surface area (Å²) in [7, 11) is 1.87. The smallest absolute Gasteiger partial charge is 0.253 e. The van der Waals surface area contributed by atoms with E-state index in [0.717, 1.165) is 16.6 Å². The molecule has 1 amide bonds. The summed E-state index contributed by atoms with van der Waals surface area (Å²) in [6.45, 7) is 0.345. The molecule has 1 N–H and O–H groups in total. The fourth-order valence-corrected chi connectivity index (χ4v) is 2.19. The summed E-state index contributed by atoms with van der Waals surface area (Å²) in [6.07, 6.45) is 5.32. The lowest BCUT2D eigenvalue weighted by molar-refractivity contribution is 0.0950. The van der Waals surface area contributed by atoms with Crippen LogP contribution in [0.2, 0.25) is 5.15 Å². The third-order valence-electron chi connectivity index (χ3n) is 3.12. The number of rotatable bonds is 3. The Hall–Kier alpha value is -2.40. The fraction of sp³-hybridized carbons (Fsp3) is 0.133. The molecule has 0 unspecified atom stereocenters. The van der Waals surface area contributed by atoms with Crippen LogP contribution < -0.4 is 5.32 Å². The molecule has 21 heavy (non-hydrogen) atoms. The van der Waals surface area contributed by atoms with Gasteiger partial charge in [0, 0.05) is 31.0 Å². The van der Waals surface area contributed by atoms with Crippen LogP contribution in [-0.4, -0.2) is 20.4 Å². The second-order valence-corrected chi connectivity index (χ2v) is 5.14. The molecular weight excluding hydrogens is 288 g/mol. The largest absolute Gasteiger partial charge is 0.356 e. The fourth-order valence-electron chi connectivity index (χ4n) is 2.04. The van der Waals surface area contributed by atoms with Gasteiger partial charge in [-0.2, -0.15) is 0 Å². The van der Waals surface area contributed by atoms with Gasteiger partial charge in [0.05, 0.1) is 23.3 Å². The Balaban J connectivity index is 1.74. The minimum absolute atomic E-state index is 0.128. The van der Waals surface area contributed by atoms with Crippen molar-refractivity contribution in [1.82, 2.24) is 19.9 Å². The summed E-state index contributed by atoms with van der Waals surface area (Å²) in [6, 6.07) is 7.18. The number of carbonyl (C=O) groups is 1. The molecule has 0 radical (unpaired) electrons. The lowest BCUT2D eigenvalue weighted by Gasteiger charge is -2.05. The Labute approximate surface area is 126 Å². The van der Waals surface area contributed by atoms with Gasteiger partial charge in [-0.25, -0.2) is 4.98 Å². The maximum Gasteiger partial charge on any atom is 0.253 e. The lowest BCUT2D eigenvalue weighted by Crippen LogP contribution is -2.22. The molecule has 5 nitrogen and oxygen atoms in total. The third-order valence-corrected chi connectivity index (χ3v) is 3.33. The summed E-state index contributed by atoms with van der Waals surface area (Å²) in [5.41, 5.74) is 2.13. The Morgan fingerprint density at radius 1 is 1.38 bits per heavy atom. The van der Waals surface area contributed by atoms with E-state index in [2.05, 4.69) is 15.3 Å². The van der Waals surface area contributed by atoms with Crippen molar-refractivity contribution >= 4 is 28.4 Å². The number of hydrogen-bond acceptors (Lipinski definition) is 3. The van der Waals surface area contributed by atoms with Gasteiger partial charge in [0.2, 0.25) is 0 Å². The van der Waals surface area contributed by atoms with Crippen molar-refractivity contribution in [2.45, 2.75) is 6.54 Å². The van der Waals surface area contributed by atoms with Crippen molar-refractivity contribution in [1.29, 1.82) is 0 Å². The molecule has 0 aliphatic rings. The molecule has 3 aromatic heterocycles. The van der Waals surface area contributed by atoms with Crippen LogP contribution in [0.25, 0.3) is 10.9 Å². The van der Waals surface area contributed by atoms with E-state index < -0.39 is 0 Å². The molecular formula is C15H13ClN4O. The van der Waals surface area contributed by atoms with Gasteiger partial charge >= 0.3 is 0 Å². The molecule has 6 heteroatoms. The van der Waals surface area contributed by atoms with Gasteiger partial charge in [-0.3, -0.25) is 9.78 Å². The van der Waals surface area contributed by atoms with Crippen LogP contribution >= 0.6 is 11.6 Å². The van der Waals surface area contributed by atoms with Crippen molar-refractivity contribution in [3.63, 3.8) is 0 Å². The Bertz CT molecular complexity index is 812. The first-order valence-corrected chi connectivity index (χ1v) is 6.81. The van der Waals surface area contributed by atoms with Crippen LogP contribution in [0, 0.1) is 0 Å². The zero-order valence-electron chi connectivity index (χ0n) is 11.4. The van der Waals surface area contributed by atoms with Gasteiger partial charge in [-0.1, -0.05) is 11.6 Å². The van der Waals surface area contributed by atoms with E-state index in [1.807, 2.05) is 29.9 Å². The zero-order valence-corrected chi connectivity index (χ0v) is 12.1. The predicted molar refractivity (Wildman–Crippen MR) is 81.1 cm³/mol. The number of aromatic nitrogens is 3. The third kappa shape index (κ3) is 3.03. The monoisotopic (exact) mass is 300 g/mol. The predicted octanol–water partition coefficient (Wildman–Crippen LogP) is 2.55. The summed E-state index contributed by atoms with van der Waals surface area (Å²) < 4.78 is 1.83. The van der Waals surface area contributed by atoms with Crippen LogP contribution in [0.4, 0.5) is 0 Å². The van der Waals surface area contributed by atoms with Crippen LogP contribution in [0.5, 0.6) is 0 Å².